The van der Waals surface area contributed by atoms with Gasteiger partial charge in [0.25, 0.3) is 0 Å². The second-order valence-electron chi connectivity index (χ2n) is 3.39. The van der Waals surface area contributed by atoms with E-state index in [4.69, 9.17) is 4.74 Å². The van der Waals surface area contributed by atoms with Crippen LogP contribution >= 0.6 is 0 Å². The van der Waals surface area contributed by atoms with Gasteiger partial charge >= 0.3 is 0 Å². The first kappa shape index (κ1) is 10.5. The summed E-state index contributed by atoms with van der Waals surface area (Å²) in [6, 6.07) is 8.94. The molecule has 0 aliphatic rings. The average Bonchev–Trinajstić information content (AvgIpc) is 2.31. The van der Waals surface area contributed by atoms with Gasteiger partial charge in [-0.05, 0) is 30.7 Å². The first-order valence-electron chi connectivity index (χ1n) is 5.17. The maximum Gasteiger partial charge on any atom is 0.138 e. The summed E-state index contributed by atoms with van der Waals surface area (Å²) < 4.78 is 5.38. The number of benzene rings is 1. The topological polar surface area (TPSA) is 42.4 Å². The first-order chi connectivity index (χ1) is 7.79. The summed E-state index contributed by atoms with van der Waals surface area (Å²) in [6.45, 7) is 2.56. The van der Waals surface area contributed by atoms with Crippen molar-refractivity contribution < 1.29 is 9.84 Å². The number of aromatic hydroxyl groups is 1. The quantitative estimate of drug-likeness (QED) is 0.856. The number of nitrogens with zero attached hydrogens (tertiary/aromatic N) is 1. The lowest BCUT2D eigenvalue weighted by Gasteiger charge is -2.05. The molecule has 2 rings (SSSR count). The van der Waals surface area contributed by atoms with Crippen molar-refractivity contribution in [3.63, 3.8) is 0 Å². The van der Waals surface area contributed by atoms with Crippen molar-refractivity contribution in [3.05, 3.63) is 42.7 Å². The molecule has 0 bridgehead atoms. The van der Waals surface area contributed by atoms with Gasteiger partial charge in [0.1, 0.15) is 11.5 Å². The van der Waals surface area contributed by atoms with E-state index in [1.165, 1.54) is 0 Å². The van der Waals surface area contributed by atoms with E-state index in [9.17, 15) is 5.11 Å². The van der Waals surface area contributed by atoms with Crippen LogP contribution in [0.5, 0.6) is 11.5 Å². The van der Waals surface area contributed by atoms with Crippen LogP contribution in [0.1, 0.15) is 6.92 Å². The Hall–Kier alpha value is -2.03. The minimum atomic E-state index is 0.262. The zero-order valence-electron chi connectivity index (χ0n) is 9.05. The van der Waals surface area contributed by atoms with Crippen LogP contribution in [0.4, 0.5) is 0 Å². The monoisotopic (exact) mass is 215 g/mol. The average molecular weight is 215 g/mol. The number of rotatable bonds is 3. The third-order valence-corrected chi connectivity index (χ3v) is 2.22. The summed E-state index contributed by atoms with van der Waals surface area (Å²) >= 11 is 0. The highest BCUT2D eigenvalue weighted by atomic mass is 16.5. The zero-order chi connectivity index (χ0) is 11.4. The minimum Gasteiger partial charge on any atom is -0.508 e. The Morgan fingerprint density at radius 3 is 2.56 bits per heavy atom. The molecule has 0 spiro atoms. The van der Waals surface area contributed by atoms with E-state index < -0.39 is 0 Å². The number of phenols is 1. The van der Waals surface area contributed by atoms with Gasteiger partial charge in [-0.3, -0.25) is 4.98 Å². The highest BCUT2D eigenvalue weighted by molar-refractivity contribution is 5.64. The van der Waals surface area contributed by atoms with Gasteiger partial charge in [0.2, 0.25) is 0 Å². The molecule has 0 saturated heterocycles. The van der Waals surface area contributed by atoms with Gasteiger partial charge in [-0.2, -0.15) is 0 Å². The van der Waals surface area contributed by atoms with Crippen molar-refractivity contribution in [2.24, 2.45) is 0 Å². The Balaban J connectivity index is 2.32. The van der Waals surface area contributed by atoms with E-state index in [2.05, 4.69) is 4.98 Å². The van der Waals surface area contributed by atoms with Crippen molar-refractivity contribution >= 4 is 0 Å². The largest absolute Gasteiger partial charge is 0.508 e. The molecule has 16 heavy (non-hydrogen) atoms. The van der Waals surface area contributed by atoms with E-state index in [1.54, 1.807) is 24.5 Å². The van der Waals surface area contributed by atoms with Crippen LogP contribution in [0, 0.1) is 0 Å². The molecule has 1 heterocycles. The van der Waals surface area contributed by atoms with Crippen molar-refractivity contribution in [2.75, 3.05) is 6.61 Å². The number of phenolic OH excluding ortho intramolecular Hbond substituents is 1. The molecular weight excluding hydrogens is 202 g/mol. The van der Waals surface area contributed by atoms with Gasteiger partial charge in [0.15, 0.2) is 0 Å². The second kappa shape index (κ2) is 4.66. The van der Waals surface area contributed by atoms with Gasteiger partial charge < -0.3 is 9.84 Å². The van der Waals surface area contributed by atoms with Gasteiger partial charge in [0.05, 0.1) is 12.8 Å². The molecule has 0 radical (unpaired) electrons. The van der Waals surface area contributed by atoms with E-state index in [1.807, 2.05) is 25.1 Å². The fourth-order valence-corrected chi connectivity index (χ4v) is 1.48. The third kappa shape index (κ3) is 2.31. The molecule has 0 fully saturated rings. The van der Waals surface area contributed by atoms with Gasteiger partial charge in [-0.25, -0.2) is 0 Å². The molecule has 0 aliphatic heterocycles. The Morgan fingerprint density at radius 2 is 1.88 bits per heavy atom. The molecule has 3 nitrogen and oxygen atoms in total. The fourth-order valence-electron chi connectivity index (χ4n) is 1.48. The Labute approximate surface area is 94.3 Å². The highest BCUT2D eigenvalue weighted by Crippen LogP contribution is 2.24. The lowest BCUT2D eigenvalue weighted by molar-refractivity contribution is 0.339. The van der Waals surface area contributed by atoms with Crippen LogP contribution < -0.4 is 4.74 Å². The minimum absolute atomic E-state index is 0.262. The summed E-state index contributed by atoms with van der Waals surface area (Å²) in [5, 5.41) is 9.20. The normalized spacial score (nSPS) is 10.1. The predicted octanol–water partition coefficient (Wildman–Crippen LogP) is 2.85. The molecule has 0 aliphatic carbocycles. The molecule has 1 aromatic heterocycles. The molecule has 2 aromatic rings. The van der Waals surface area contributed by atoms with Crippen LogP contribution in [0.25, 0.3) is 11.1 Å². The second-order valence-corrected chi connectivity index (χ2v) is 3.39. The van der Waals surface area contributed by atoms with Crippen LogP contribution in [0.15, 0.2) is 42.7 Å². The third-order valence-electron chi connectivity index (χ3n) is 2.22. The Morgan fingerprint density at radius 1 is 1.12 bits per heavy atom. The molecule has 1 N–H and O–H groups in total. The molecule has 0 amide bonds. The number of pyridine rings is 1. The van der Waals surface area contributed by atoms with Gasteiger partial charge in [0, 0.05) is 11.8 Å². The number of hydrogen-bond donors (Lipinski definition) is 1. The van der Waals surface area contributed by atoms with Crippen LogP contribution in [0.2, 0.25) is 0 Å². The lowest BCUT2D eigenvalue weighted by Crippen LogP contribution is -1.92. The SMILES string of the molecule is CCOc1cncc(-c2ccc(O)cc2)c1. The zero-order valence-corrected chi connectivity index (χ0v) is 9.05. The Bertz CT molecular complexity index is 466. The number of aromatic nitrogens is 1. The number of ether oxygens (including phenoxy) is 1. The van der Waals surface area contributed by atoms with Crippen LogP contribution in [0.3, 0.4) is 0 Å². The molecule has 3 heteroatoms. The van der Waals surface area contributed by atoms with E-state index >= 15 is 0 Å². The summed E-state index contributed by atoms with van der Waals surface area (Å²) in [5.74, 6) is 1.02. The van der Waals surface area contributed by atoms with Crippen molar-refractivity contribution in [3.8, 4) is 22.6 Å². The van der Waals surface area contributed by atoms with Gasteiger partial charge in [-0.1, -0.05) is 12.1 Å². The standard InChI is InChI=1S/C13H13NO2/c1-2-16-13-7-11(8-14-9-13)10-3-5-12(15)6-4-10/h3-9,15H,2H2,1H3. The van der Waals surface area contributed by atoms with Gasteiger partial charge in [-0.15, -0.1) is 0 Å². The van der Waals surface area contributed by atoms with E-state index in [-0.39, 0.29) is 5.75 Å². The lowest BCUT2D eigenvalue weighted by atomic mass is 10.1. The maximum absolute atomic E-state index is 9.20. The van der Waals surface area contributed by atoms with E-state index in [0.717, 1.165) is 16.9 Å². The molecule has 0 saturated carbocycles. The molecule has 0 atom stereocenters. The number of hydrogen-bond acceptors (Lipinski definition) is 3. The maximum atomic E-state index is 9.20. The van der Waals surface area contributed by atoms with Crippen molar-refractivity contribution in [1.29, 1.82) is 0 Å². The summed E-state index contributed by atoms with van der Waals surface area (Å²) in [5.41, 5.74) is 1.98. The summed E-state index contributed by atoms with van der Waals surface area (Å²) in [6.07, 6.45) is 3.46. The van der Waals surface area contributed by atoms with E-state index in [0.29, 0.717) is 6.61 Å². The molecule has 0 unspecified atom stereocenters. The summed E-state index contributed by atoms with van der Waals surface area (Å²) in [4.78, 5) is 4.11. The van der Waals surface area contributed by atoms with Crippen LogP contribution in [-0.4, -0.2) is 16.7 Å². The molecular formula is C13H13NO2. The molecule has 82 valence electrons. The van der Waals surface area contributed by atoms with Crippen molar-refractivity contribution in [2.45, 2.75) is 6.92 Å². The smallest absolute Gasteiger partial charge is 0.138 e. The van der Waals surface area contributed by atoms with Crippen LogP contribution in [-0.2, 0) is 0 Å². The Kier molecular flexibility index (Phi) is 3.05. The predicted molar refractivity (Wildman–Crippen MR) is 62.5 cm³/mol. The highest BCUT2D eigenvalue weighted by Gasteiger charge is 2.00. The van der Waals surface area contributed by atoms with Crippen molar-refractivity contribution in [1.82, 2.24) is 4.98 Å². The first-order valence-corrected chi connectivity index (χ1v) is 5.17. The summed E-state index contributed by atoms with van der Waals surface area (Å²) in [7, 11) is 0. The molecule has 1 aromatic carbocycles. The fraction of sp³-hybridized carbons (Fsp3) is 0.154.